The number of benzene rings is 2. The van der Waals surface area contributed by atoms with E-state index in [9.17, 15) is 24.1 Å². The van der Waals surface area contributed by atoms with E-state index in [1.807, 2.05) is 30.3 Å². The summed E-state index contributed by atoms with van der Waals surface area (Å²) in [4.78, 5) is 41.8. The molecular formula is C28H22FN3O7S. The fourth-order valence-corrected chi connectivity index (χ4v) is 5.31. The summed E-state index contributed by atoms with van der Waals surface area (Å²) in [6, 6.07) is 14.7. The molecule has 1 unspecified atom stereocenters. The van der Waals surface area contributed by atoms with Crippen LogP contribution in [-0.2, 0) is 16.1 Å². The summed E-state index contributed by atoms with van der Waals surface area (Å²) in [6.07, 6.45) is 1.55. The number of halogens is 1. The Morgan fingerprint density at radius 2 is 2.00 bits per heavy atom. The lowest BCUT2D eigenvalue weighted by Crippen LogP contribution is -2.39. The Bertz CT molecular complexity index is 1820. The molecule has 1 atom stereocenters. The average Bonchev–Trinajstić information content (AvgIpc) is 3.51. The third kappa shape index (κ3) is 5.21. The van der Waals surface area contributed by atoms with E-state index in [0.717, 1.165) is 35.1 Å². The zero-order chi connectivity index (χ0) is 28.4. The second-order valence-electron chi connectivity index (χ2n) is 8.68. The van der Waals surface area contributed by atoms with Gasteiger partial charge in [0.15, 0.2) is 16.4 Å². The molecule has 0 bridgehead atoms. The molecule has 204 valence electrons. The topological polar surface area (TPSA) is 126 Å². The van der Waals surface area contributed by atoms with Gasteiger partial charge in [-0.05, 0) is 37.6 Å². The summed E-state index contributed by atoms with van der Waals surface area (Å²) < 4.78 is 32.2. The molecule has 3 heterocycles. The lowest BCUT2D eigenvalue weighted by molar-refractivity contribution is -0.385. The maximum atomic E-state index is 14.0. The second kappa shape index (κ2) is 11.1. The van der Waals surface area contributed by atoms with Crippen molar-refractivity contribution in [1.29, 1.82) is 0 Å². The Kier molecular flexibility index (Phi) is 7.43. The van der Waals surface area contributed by atoms with Gasteiger partial charge in [-0.1, -0.05) is 41.7 Å². The predicted octanol–water partition coefficient (Wildman–Crippen LogP) is 4.02. The smallest absolute Gasteiger partial charge is 0.338 e. The minimum absolute atomic E-state index is 0.180. The van der Waals surface area contributed by atoms with E-state index in [1.165, 1.54) is 4.57 Å². The number of nitro groups is 1. The molecule has 12 heteroatoms. The summed E-state index contributed by atoms with van der Waals surface area (Å²) in [5.74, 6) is -0.922. The van der Waals surface area contributed by atoms with E-state index in [-0.39, 0.29) is 35.8 Å². The standard InChI is InChI=1S/C28H22FN3O7S/c1-3-37-27(34)24-16(2)30-28-31(25(24)17-7-5-4-6-8-17)26(33)23(40-28)14-19-10-11-20(39-19)15-38-22-13-18(32(35)36)9-12-21(22)29/h4-14,25H,3,15H2,1-2H3/b23-14-. The number of allylic oxidation sites excluding steroid dienone is 1. The zero-order valence-corrected chi connectivity index (χ0v) is 22.1. The van der Waals surface area contributed by atoms with Gasteiger partial charge in [0.05, 0.1) is 39.4 Å². The largest absolute Gasteiger partial charge is 0.482 e. The molecule has 10 nitrogen and oxygen atoms in total. The van der Waals surface area contributed by atoms with Crippen molar-refractivity contribution in [2.75, 3.05) is 6.61 Å². The number of hydrogen-bond acceptors (Lipinski definition) is 9. The molecule has 2 aromatic carbocycles. The van der Waals surface area contributed by atoms with E-state index in [4.69, 9.17) is 13.9 Å². The van der Waals surface area contributed by atoms with Gasteiger partial charge in [-0.3, -0.25) is 19.5 Å². The summed E-state index contributed by atoms with van der Waals surface area (Å²) in [5, 5.41) is 11.0. The number of aromatic nitrogens is 1. The lowest BCUT2D eigenvalue weighted by Gasteiger charge is -2.24. The molecule has 0 radical (unpaired) electrons. The van der Waals surface area contributed by atoms with Crippen LogP contribution in [0.25, 0.3) is 6.08 Å². The highest BCUT2D eigenvalue weighted by Gasteiger charge is 2.33. The quantitative estimate of drug-likeness (QED) is 0.180. The Morgan fingerprint density at radius 3 is 2.73 bits per heavy atom. The van der Waals surface area contributed by atoms with Crippen LogP contribution in [0.2, 0.25) is 0 Å². The first-order valence-electron chi connectivity index (χ1n) is 12.2. The molecule has 0 amide bonds. The Hall–Kier alpha value is -4.84. The van der Waals surface area contributed by atoms with Crippen LogP contribution in [-0.4, -0.2) is 22.1 Å². The summed E-state index contributed by atoms with van der Waals surface area (Å²) >= 11 is 1.15. The Labute approximate surface area is 230 Å². The molecule has 5 rings (SSSR count). The first-order chi connectivity index (χ1) is 19.3. The number of hydrogen-bond donors (Lipinski definition) is 0. The monoisotopic (exact) mass is 563 g/mol. The molecule has 4 aromatic rings. The fraction of sp³-hybridized carbons (Fsp3) is 0.179. The van der Waals surface area contributed by atoms with Gasteiger partial charge in [-0.15, -0.1) is 0 Å². The highest BCUT2D eigenvalue weighted by Crippen LogP contribution is 2.30. The van der Waals surface area contributed by atoms with Crippen molar-refractivity contribution >= 4 is 29.1 Å². The van der Waals surface area contributed by atoms with Gasteiger partial charge in [0.2, 0.25) is 0 Å². The van der Waals surface area contributed by atoms with Crippen LogP contribution < -0.4 is 19.6 Å². The van der Waals surface area contributed by atoms with Crippen molar-refractivity contribution < 1.29 is 28.0 Å². The van der Waals surface area contributed by atoms with Crippen LogP contribution in [0.1, 0.15) is 37.0 Å². The van der Waals surface area contributed by atoms with Crippen LogP contribution in [0.5, 0.6) is 5.75 Å². The number of rotatable bonds is 8. The van der Waals surface area contributed by atoms with Crippen molar-refractivity contribution in [2.45, 2.75) is 26.5 Å². The highest BCUT2D eigenvalue weighted by atomic mass is 32.1. The number of furan rings is 1. The highest BCUT2D eigenvalue weighted by molar-refractivity contribution is 7.07. The van der Waals surface area contributed by atoms with Crippen LogP contribution in [0, 0.1) is 15.9 Å². The predicted molar refractivity (Wildman–Crippen MR) is 143 cm³/mol. The minimum Gasteiger partial charge on any atom is -0.482 e. The molecule has 0 N–H and O–H groups in total. The number of nitro benzene ring substituents is 1. The molecule has 0 aliphatic carbocycles. The van der Waals surface area contributed by atoms with E-state index >= 15 is 0 Å². The number of non-ortho nitro benzene ring substituents is 1. The van der Waals surface area contributed by atoms with Crippen LogP contribution in [0.3, 0.4) is 0 Å². The molecular weight excluding hydrogens is 541 g/mol. The van der Waals surface area contributed by atoms with Gasteiger partial charge in [0, 0.05) is 12.1 Å². The molecule has 2 aromatic heterocycles. The minimum atomic E-state index is -0.746. The number of ether oxygens (including phenoxy) is 2. The van der Waals surface area contributed by atoms with E-state index in [1.54, 1.807) is 32.1 Å². The van der Waals surface area contributed by atoms with Crippen molar-refractivity contribution in [3.05, 3.63) is 125 Å². The number of fused-ring (bicyclic) bond motifs is 1. The molecule has 40 heavy (non-hydrogen) atoms. The number of thiazole rings is 1. The van der Waals surface area contributed by atoms with Gasteiger partial charge in [-0.2, -0.15) is 0 Å². The number of esters is 1. The van der Waals surface area contributed by atoms with Gasteiger partial charge in [0.25, 0.3) is 11.2 Å². The lowest BCUT2D eigenvalue weighted by atomic mass is 9.96. The first kappa shape index (κ1) is 26.8. The zero-order valence-electron chi connectivity index (χ0n) is 21.3. The number of carbonyl (C=O) groups is 1. The van der Waals surface area contributed by atoms with Gasteiger partial charge in [0.1, 0.15) is 18.1 Å². The fourth-order valence-electron chi connectivity index (χ4n) is 4.29. The normalized spacial score (nSPS) is 15.0. The molecule has 0 saturated carbocycles. The van der Waals surface area contributed by atoms with E-state index < -0.39 is 22.8 Å². The van der Waals surface area contributed by atoms with E-state index in [0.29, 0.717) is 26.6 Å². The van der Waals surface area contributed by atoms with Crippen LogP contribution in [0.15, 0.2) is 86.1 Å². The third-order valence-electron chi connectivity index (χ3n) is 6.08. The third-order valence-corrected chi connectivity index (χ3v) is 7.07. The van der Waals surface area contributed by atoms with Gasteiger partial charge >= 0.3 is 5.97 Å². The van der Waals surface area contributed by atoms with E-state index in [2.05, 4.69) is 4.99 Å². The van der Waals surface area contributed by atoms with Crippen LogP contribution in [0.4, 0.5) is 10.1 Å². The molecule has 0 fully saturated rings. The molecule has 0 saturated heterocycles. The van der Waals surface area contributed by atoms with Gasteiger partial charge < -0.3 is 13.9 Å². The first-order valence-corrected chi connectivity index (χ1v) is 13.0. The van der Waals surface area contributed by atoms with Crippen LogP contribution >= 0.6 is 11.3 Å². The Morgan fingerprint density at radius 1 is 1.23 bits per heavy atom. The van der Waals surface area contributed by atoms with Crippen molar-refractivity contribution in [2.24, 2.45) is 4.99 Å². The van der Waals surface area contributed by atoms with Crippen molar-refractivity contribution in [1.82, 2.24) is 4.57 Å². The Balaban J connectivity index is 1.47. The van der Waals surface area contributed by atoms with Crippen molar-refractivity contribution in [3.8, 4) is 5.75 Å². The number of carbonyl (C=O) groups excluding carboxylic acids is 1. The molecule has 1 aliphatic heterocycles. The molecule has 1 aliphatic rings. The summed E-state index contributed by atoms with van der Waals surface area (Å²) in [7, 11) is 0. The second-order valence-corrected chi connectivity index (χ2v) is 9.69. The van der Waals surface area contributed by atoms with Gasteiger partial charge in [-0.25, -0.2) is 14.2 Å². The number of nitrogens with zero attached hydrogens (tertiary/aromatic N) is 3. The molecule has 0 spiro atoms. The summed E-state index contributed by atoms with van der Waals surface area (Å²) in [6.45, 7) is 3.41. The maximum Gasteiger partial charge on any atom is 0.338 e. The maximum absolute atomic E-state index is 14.0. The summed E-state index contributed by atoms with van der Waals surface area (Å²) in [5.41, 5.74) is 0.823. The van der Waals surface area contributed by atoms with Crippen molar-refractivity contribution in [3.63, 3.8) is 0 Å². The SMILES string of the molecule is CCOC(=O)C1=C(C)N=c2s/c(=C\c3ccc(COc4cc([N+](=O)[O-])ccc4F)o3)c(=O)n2C1c1ccccc1. The average molecular weight is 564 g/mol.